The lowest BCUT2D eigenvalue weighted by Crippen LogP contribution is -2.26. The molecule has 0 radical (unpaired) electrons. The van der Waals surface area contributed by atoms with E-state index in [-0.39, 0.29) is 29.6 Å². The first-order valence-corrected chi connectivity index (χ1v) is 11.7. The molecule has 0 saturated carbocycles. The van der Waals surface area contributed by atoms with Gasteiger partial charge in [0.15, 0.2) is 10.7 Å². The maximum atomic E-state index is 13.8. The molecule has 2 aromatic carbocycles. The molecule has 2 heterocycles. The monoisotopic (exact) mass is 483 g/mol. The quantitative estimate of drug-likeness (QED) is 0.313. The highest BCUT2D eigenvalue weighted by Gasteiger charge is 2.19. The van der Waals surface area contributed by atoms with E-state index in [0.29, 0.717) is 45.2 Å². The molecular formula is C24H23F2N5O2S. The van der Waals surface area contributed by atoms with E-state index in [1.54, 1.807) is 42.8 Å². The SMILES string of the molecule is CCn1nc(C)c2nc(SCC(=O)Nc3ccc(C)c(F)c3)n(Cc3ccc(F)cc3)c(=O)c21. The number of nitrogens with zero attached hydrogens (tertiary/aromatic N) is 4. The summed E-state index contributed by atoms with van der Waals surface area (Å²) < 4.78 is 30.2. The Morgan fingerprint density at radius 3 is 2.53 bits per heavy atom. The molecule has 10 heteroatoms. The fourth-order valence-electron chi connectivity index (χ4n) is 3.54. The highest BCUT2D eigenvalue weighted by atomic mass is 32.2. The molecule has 0 aliphatic carbocycles. The summed E-state index contributed by atoms with van der Waals surface area (Å²) in [7, 11) is 0. The molecule has 4 rings (SSSR count). The minimum Gasteiger partial charge on any atom is -0.325 e. The number of nitrogens with one attached hydrogen (secondary N) is 1. The molecule has 2 aromatic heterocycles. The molecule has 0 aliphatic rings. The Kier molecular flexibility index (Phi) is 6.78. The minimum absolute atomic E-state index is 0.0438. The second kappa shape index (κ2) is 9.76. The summed E-state index contributed by atoms with van der Waals surface area (Å²) in [6.07, 6.45) is 0. The third-order valence-electron chi connectivity index (χ3n) is 5.32. The van der Waals surface area contributed by atoms with Gasteiger partial charge in [0.05, 0.1) is 18.0 Å². The summed E-state index contributed by atoms with van der Waals surface area (Å²) in [4.78, 5) is 30.6. The zero-order valence-corrected chi connectivity index (χ0v) is 19.7. The summed E-state index contributed by atoms with van der Waals surface area (Å²) in [5.41, 5.74) is 2.73. The predicted molar refractivity (Wildman–Crippen MR) is 128 cm³/mol. The Balaban J connectivity index is 1.66. The number of thioether (sulfide) groups is 1. The van der Waals surface area contributed by atoms with Gasteiger partial charge in [0.25, 0.3) is 5.56 Å². The molecule has 0 spiro atoms. The van der Waals surface area contributed by atoms with Gasteiger partial charge in [0.1, 0.15) is 17.2 Å². The molecule has 176 valence electrons. The van der Waals surface area contributed by atoms with E-state index in [1.165, 1.54) is 22.8 Å². The number of rotatable bonds is 7. The zero-order valence-electron chi connectivity index (χ0n) is 18.9. The Hall–Kier alpha value is -3.53. The van der Waals surface area contributed by atoms with Crippen molar-refractivity contribution >= 4 is 34.4 Å². The van der Waals surface area contributed by atoms with Crippen LogP contribution in [0.3, 0.4) is 0 Å². The fraction of sp³-hybridized carbons (Fsp3) is 0.250. The third-order valence-corrected chi connectivity index (χ3v) is 6.30. The van der Waals surface area contributed by atoms with E-state index < -0.39 is 5.82 Å². The largest absolute Gasteiger partial charge is 0.325 e. The first-order chi connectivity index (χ1) is 16.3. The number of anilines is 1. The van der Waals surface area contributed by atoms with Crippen molar-refractivity contribution in [2.24, 2.45) is 0 Å². The predicted octanol–water partition coefficient (Wildman–Crippen LogP) is 4.29. The number of aryl methyl sites for hydroxylation is 3. The van der Waals surface area contributed by atoms with Crippen molar-refractivity contribution in [2.75, 3.05) is 11.1 Å². The van der Waals surface area contributed by atoms with Crippen molar-refractivity contribution in [3.05, 3.63) is 81.3 Å². The molecule has 4 aromatic rings. The maximum Gasteiger partial charge on any atom is 0.280 e. The van der Waals surface area contributed by atoms with Crippen molar-refractivity contribution in [3.63, 3.8) is 0 Å². The Morgan fingerprint density at radius 2 is 1.85 bits per heavy atom. The summed E-state index contributed by atoms with van der Waals surface area (Å²) in [6, 6.07) is 10.3. The molecule has 0 aliphatic heterocycles. The number of hydrogen-bond acceptors (Lipinski definition) is 5. The average molecular weight is 484 g/mol. The zero-order chi connectivity index (χ0) is 24.4. The smallest absolute Gasteiger partial charge is 0.280 e. The summed E-state index contributed by atoms with van der Waals surface area (Å²) in [5, 5.41) is 7.40. The summed E-state index contributed by atoms with van der Waals surface area (Å²) >= 11 is 1.09. The van der Waals surface area contributed by atoms with E-state index in [1.807, 2.05) is 6.92 Å². The van der Waals surface area contributed by atoms with E-state index >= 15 is 0 Å². The van der Waals surface area contributed by atoms with Gasteiger partial charge in [0, 0.05) is 12.2 Å². The van der Waals surface area contributed by atoms with E-state index in [2.05, 4.69) is 15.4 Å². The molecule has 0 atom stereocenters. The average Bonchev–Trinajstić information content (AvgIpc) is 3.14. The molecule has 1 N–H and O–H groups in total. The van der Waals surface area contributed by atoms with E-state index in [4.69, 9.17) is 0 Å². The molecular weight excluding hydrogens is 460 g/mol. The molecule has 1 amide bonds. The molecule has 0 fully saturated rings. The van der Waals surface area contributed by atoms with Gasteiger partial charge in [0.2, 0.25) is 5.91 Å². The van der Waals surface area contributed by atoms with Gasteiger partial charge < -0.3 is 5.32 Å². The van der Waals surface area contributed by atoms with Crippen LogP contribution in [0.2, 0.25) is 0 Å². The van der Waals surface area contributed by atoms with Crippen LogP contribution in [0, 0.1) is 25.5 Å². The van der Waals surface area contributed by atoms with Crippen LogP contribution < -0.4 is 10.9 Å². The number of carbonyl (C=O) groups is 1. The maximum absolute atomic E-state index is 13.8. The fourth-order valence-corrected chi connectivity index (χ4v) is 4.33. The lowest BCUT2D eigenvalue weighted by Gasteiger charge is -2.13. The van der Waals surface area contributed by atoms with Crippen molar-refractivity contribution in [3.8, 4) is 0 Å². The molecule has 34 heavy (non-hydrogen) atoms. The highest BCUT2D eigenvalue weighted by molar-refractivity contribution is 7.99. The van der Waals surface area contributed by atoms with Crippen LogP contribution in [-0.2, 0) is 17.9 Å². The van der Waals surface area contributed by atoms with Crippen molar-refractivity contribution in [2.45, 2.75) is 39.0 Å². The van der Waals surface area contributed by atoms with Gasteiger partial charge in [-0.15, -0.1) is 0 Å². The second-order valence-electron chi connectivity index (χ2n) is 7.81. The molecule has 0 unspecified atom stereocenters. The number of benzene rings is 2. The normalized spacial score (nSPS) is 11.2. The first-order valence-electron chi connectivity index (χ1n) is 10.7. The van der Waals surface area contributed by atoms with Gasteiger partial charge in [-0.05, 0) is 56.2 Å². The van der Waals surface area contributed by atoms with Gasteiger partial charge in [-0.1, -0.05) is 30.0 Å². The standard InChI is InChI=1S/C24H23F2N5O2S/c1-4-31-22-21(15(3)29-31)28-24(30(23(22)33)12-16-6-8-17(25)9-7-16)34-13-20(32)27-18-10-5-14(2)19(26)11-18/h5-11H,4,12-13H2,1-3H3,(H,27,32). The Morgan fingerprint density at radius 1 is 1.12 bits per heavy atom. The van der Waals surface area contributed by atoms with Crippen molar-refractivity contribution in [1.82, 2.24) is 19.3 Å². The number of fused-ring (bicyclic) bond motifs is 1. The van der Waals surface area contributed by atoms with Crippen LogP contribution >= 0.6 is 11.8 Å². The number of hydrogen-bond donors (Lipinski definition) is 1. The third kappa shape index (κ3) is 4.86. The number of carbonyl (C=O) groups excluding carboxylic acids is 1. The van der Waals surface area contributed by atoms with Gasteiger partial charge in [-0.2, -0.15) is 5.10 Å². The topological polar surface area (TPSA) is 81.8 Å². The first kappa shape index (κ1) is 23.6. The Labute approximate surface area is 198 Å². The van der Waals surface area contributed by atoms with Gasteiger partial charge in [-0.25, -0.2) is 13.8 Å². The molecule has 7 nitrogen and oxygen atoms in total. The highest BCUT2D eigenvalue weighted by Crippen LogP contribution is 2.22. The van der Waals surface area contributed by atoms with E-state index in [9.17, 15) is 18.4 Å². The molecule has 0 saturated heterocycles. The van der Waals surface area contributed by atoms with Crippen LogP contribution in [0.25, 0.3) is 11.0 Å². The molecule has 0 bridgehead atoms. The lowest BCUT2D eigenvalue weighted by atomic mass is 10.2. The van der Waals surface area contributed by atoms with Crippen LogP contribution in [-0.4, -0.2) is 31.0 Å². The van der Waals surface area contributed by atoms with Crippen LogP contribution in [0.5, 0.6) is 0 Å². The van der Waals surface area contributed by atoms with Gasteiger partial charge >= 0.3 is 0 Å². The Bertz CT molecular complexity index is 1430. The number of aromatic nitrogens is 4. The van der Waals surface area contributed by atoms with Crippen LogP contribution in [0.15, 0.2) is 52.4 Å². The van der Waals surface area contributed by atoms with Gasteiger partial charge in [-0.3, -0.25) is 18.8 Å². The summed E-state index contributed by atoms with van der Waals surface area (Å²) in [6.45, 7) is 5.96. The van der Waals surface area contributed by atoms with Crippen molar-refractivity contribution < 1.29 is 13.6 Å². The van der Waals surface area contributed by atoms with E-state index in [0.717, 1.165) is 11.8 Å². The minimum atomic E-state index is -0.408. The van der Waals surface area contributed by atoms with Crippen molar-refractivity contribution in [1.29, 1.82) is 0 Å². The number of halogens is 2. The number of amides is 1. The summed E-state index contributed by atoms with van der Waals surface area (Å²) in [5.74, 6) is -1.19. The second-order valence-corrected chi connectivity index (χ2v) is 8.75. The lowest BCUT2D eigenvalue weighted by molar-refractivity contribution is -0.113. The van der Waals surface area contributed by atoms with Crippen LogP contribution in [0.4, 0.5) is 14.5 Å². The van der Waals surface area contributed by atoms with Crippen LogP contribution in [0.1, 0.15) is 23.7 Å².